The van der Waals surface area contributed by atoms with E-state index in [4.69, 9.17) is 5.73 Å². The Morgan fingerprint density at radius 2 is 1.78 bits per heavy atom. The van der Waals surface area contributed by atoms with Crippen LogP contribution in [0.3, 0.4) is 0 Å². The molecule has 120 valence electrons. The summed E-state index contributed by atoms with van der Waals surface area (Å²) >= 11 is 0. The first-order chi connectivity index (χ1) is 10.9. The van der Waals surface area contributed by atoms with Crippen LogP contribution in [-0.4, -0.2) is 23.9 Å². The Balaban J connectivity index is 2.08. The molecule has 5 nitrogen and oxygen atoms in total. The van der Waals surface area contributed by atoms with E-state index in [9.17, 15) is 18.4 Å². The van der Waals surface area contributed by atoms with Gasteiger partial charge in [-0.1, -0.05) is 6.07 Å². The van der Waals surface area contributed by atoms with Crippen molar-refractivity contribution in [2.24, 2.45) is 5.73 Å². The Labute approximate surface area is 131 Å². The number of anilines is 1. The Morgan fingerprint density at radius 1 is 1.13 bits per heavy atom. The Bertz CT molecular complexity index is 733. The molecule has 0 radical (unpaired) electrons. The first-order valence-corrected chi connectivity index (χ1v) is 6.72. The van der Waals surface area contributed by atoms with E-state index in [2.05, 4.69) is 5.32 Å². The summed E-state index contributed by atoms with van der Waals surface area (Å²) in [6.45, 7) is 0.00618. The monoisotopic (exact) mass is 319 g/mol. The molecule has 2 aromatic carbocycles. The lowest BCUT2D eigenvalue weighted by molar-refractivity contribution is 0.0784. The van der Waals surface area contributed by atoms with E-state index in [1.54, 1.807) is 0 Å². The summed E-state index contributed by atoms with van der Waals surface area (Å²) in [6.07, 6.45) is 0. The average molecular weight is 319 g/mol. The number of primary amides is 1. The first kappa shape index (κ1) is 16.4. The molecular formula is C16H15F2N3O2. The van der Waals surface area contributed by atoms with E-state index >= 15 is 0 Å². The summed E-state index contributed by atoms with van der Waals surface area (Å²) in [6, 6.07) is 8.62. The smallest absolute Gasteiger partial charge is 0.316 e. The minimum Gasteiger partial charge on any atom is -0.351 e. The zero-order valence-corrected chi connectivity index (χ0v) is 12.3. The number of rotatable bonds is 4. The van der Waals surface area contributed by atoms with Gasteiger partial charge in [0, 0.05) is 36.5 Å². The molecule has 0 atom stereocenters. The molecule has 0 aliphatic rings. The van der Waals surface area contributed by atoms with Crippen LogP contribution in [0, 0.1) is 11.6 Å². The summed E-state index contributed by atoms with van der Waals surface area (Å²) in [5.74, 6) is -1.71. The summed E-state index contributed by atoms with van der Waals surface area (Å²) < 4.78 is 26.5. The van der Waals surface area contributed by atoms with Crippen LogP contribution in [0.4, 0.5) is 19.3 Å². The fourth-order valence-electron chi connectivity index (χ4n) is 2.04. The maximum Gasteiger partial charge on any atom is 0.316 e. The molecular weight excluding hydrogens is 304 g/mol. The van der Waals surface area contributed by atoms with Crippen LogP contribution in [0.15, 0.2) is 42.5 Å². The number of hydrogen-bond donors (Lipinski definition) is 2. The van der Waals surface area contributed by atoms with Gasteiger partial charge in [0.1, 0.15) is 11.6 Å². The van der Waals surface area contributed by atoms with Crippen molar-refractivity contribution in [2.75, 3.05) is 12.4 Å². The summed E-state index contributed by atoms with van der Waals surface area (Å²) in [4.78, 5) is 24.3. The van der Waals surface area contributed by atoms with Crippen LogP contribution in [0.1, 0.15) is 15.9 Å². The first-order valence-electron chi connectivity index (χ1n) is 6.72. The van der Waals surface area contributed by atoms with Gasteiger partial charge in [0.25, 0.3) is 5.91 Å². The molecule has 0 aromatic heterocycles. The topological polar surface area (TPSA) is 75.4 Å². The highest BCUT2D eigenvalue weighted by molar-refractivity contribution is 5.95. The lowest BCUT2D eigenvalue weighted by Gasteiger charge is -2.18. The fraction of sp³-hybridized carbons (Fsp3) is 0.125. The Hall–Kier alpha value is -2.96. The van der Waals surface area contributed by atoms with Gasteiger partial charge in [0.2, 0.25) is 0 Å². The number of urea groups is 1. The van der Waals surface area contributed by atoms with Crippen LogP contribution in [0.25, 0.3) is 0 Å². The second kappa shape index (κ2) is 6.87. The zero-order valence-electron chi connectivity index (χ0n) is 12.3. The predicted molar refractivity (Wildman–Crippen MR) is 81.8 cm³/mol. The molecule has 2 rings (SSSR count). The van der Waals surface area contributed by atoms with Gasteiger partial charge in [-0.2, -0.15) is 0 Å². The van der Waals surface area contributed by atoms with E-state index in [0.29, 0.717) is 11.3 Å². The summed E-state index contributed by atoms with van der Waals surface area (Å²) in [5, 5.41) is 2.38. The van der Waals surface area contributed by atoms with Gasteiger partial charge in [-0.05, 0) is 30.3 Å². The molecule has 2 aromatic rings. The molecule has 0 saturated carbocycles. The number of nitrogens with zero attached hydrogens (tertiary/aromatic N) is 1. The number of nitrogens with two attached hydrogens (primary N) is 1. The van der Waals surface area contributed by atoms with Gasteiger partial charge in [0.05, 0.1) is 0 Å². The lowest BCUT2D eigenvalue weighted by atomic mass is 10.1. The molecule has 7 heteroatoms. The zero-order chi connectivity index (χ0) is 17.0. The molecule has 0 fully saturated rings. The fourth-order valence-corrected chi connectivity index (χ4v) is 2.04. The van der Waals surface area contributed by atoms with Crippen molar-refractivity contribution < 1.29 is 18.4 Å². The van der Waals surface area contributed by atoms with Gasteiger partial charge in [-0.15, -0.1) is 0 Å². The highest BCUT2D eigenvalue weighted by Crippen LogP contribution is 2.15. The quantitative estimate of drug-likeness (QED) is 0.909. The number of hydrogen-bond acceptors (Lipinski definition) is 2. The summed E-state index contributed by atoms with van der Waals surface area (Å²) in [7, 11) is 1.51. The molecule has 3 amide bonds. The number of carbonyl (C=O) groups is 2. The highest BCUT2D eigenvalue weighted by Gasteiger charge is 2.14. The molecule has 0 aliphatic heterocycles. The number of benzene rings is 2. The molecule has 0 heterocycles. The maximum absolute atomic E-state index is 13.6. The van der Waals surface area contributed by atoms with E-state index in [1.165, 1.54) is 42.3 Å². The number of halogens is 2. The van der Waals surface area contributed by atoms with Gasteiger partial charge in [-0.25, -0.2) is 13.6 Å². The Morgan fingerprint density at radius 3 is 2.35 bits per heavy atom. The third-order valence-corrected chi connectivity index (χ3v) is 3.17. The van der Waals surface area contributed by atoms with Crippen LogP contribution < -0.4 is 11.1 Å². The van der Waals surface area contributed by atoms with Crippen molar-refractivity contribution in [2.45, 2.75) is 6.54 Å². The van der Waals surface area contributed by atoms with E-state index in [-0.39, 0.29) is 18.0 Å². The standard InChI is InChI=1S/C16H15F2N3O2/c1-21(9-11-2-5-12(17)8-14(11)18)15(22)10-3-6-13(7-4-10)20-16(19)23/h2-8H,9H2,1H3,(H3,19,20,23). The number of nitrogens with one attached hydrogen (secondary N) is 1. The van der Waals surface area contributed by atoms with Crippen LogP contribution in [-0.2, 0) is 6.54 Å². The van der Waals surface area contributed by atoms with Crippen molar-refractivity contribution in [1.82, 2.24) is 4.90 Å². The minimum atomic E-state index is -0.703. The van der Waals surface area contributed by atoms with E-state index in [1.807, 2.05) is 0 Å². The highest BCUT2D eigenvalue weighted by atomic mass is 19.1. The summed E-state index contributed by atoms with van der Waals surface area (Å²) in [5.41, 5.74) is 6.04. The van der Waals surface area contributed by atoms with Crippen LogP contribution in [0.2, 0.25) is 0 Å². The Kier molecular flexibility index (Phi) is 4.90. The molecule has 0 spiro atoms. The van der Waals surface area contributed by atoms with Crippen molar-refractivity contribution in [1.29, 1.82) is 0 Å². The van der Waals surface area contributed by atoms with Crippen molar-refractivity contribution in [3.05, 3.63) is 65.2 Å². The van der Waals surface area contributed by atoms with Gasteiger partial charge in [0.15, 0.2) is 0 Å². The molecule has 3 N–H and O–H groups in total. The van der Waals surface area contributed by atoms with Crippen molar-refractivity contribution in [3.63, 3.8) is 0 Å². The SMILES string of the molecule is CN(Cc1ccc(F)cc1F)C(=O)c1ccc(NC(N)=O)cc1. The third-order valence-electron chi connectivity index (χ3n) is 3.17. The average Bonchev–Trinajstić information content (AvgIpc) is 2.49. The van der Waals surface area contributed by atoms with Crippen molar-refractivity contribution >= 4 is 17.6 Å². The molecule has 0 bridgehead atoms. The van der Waals surface area contributed by atoms with Crippen LogP contribution in [0.5, 0.6) is 0 Å². The van der Waals surface area contributed by atoms with Gasteiger partial charge >= 0.3 is 6.03 Å². The minimum absolute atomic E-state index is 0.00618. The van der Waals surface area contributed by atoms with Crippen molar-refractivity contribution in [3.8, 4) is 0 Å². The number of carbonyl (C=O) groups excluding carboxylic acids is 2. The normalized spacial score (nSPS) is 10.2. The molecule has 0 saturated heterocycles. The molecule has 23 heavy (non-hydrogen) atoms. The predicted octanol–water partition coefficient (Wildman–Crippen LogP) is 2.73. The molecule has 0 aliphatic carbocycles. The second-order valence-electron chi connectivity index (χ2n) is 4.96. The maximum atomic E-state index is 13.6. The van der Waals surface area contributed by atoms with Gasteiger partial charge < -0.3 is 16.0 Å². The molecule has 0 unspecified atom stereocenters. The van der Waals surface area contributed by atoms with E-state index in [0.717, 1.165) is 12.1 Å². The third kappa shape index (κ3) is 4.26. The number of amides is 3. The van der Waals surface area contributed by atoms with Crippen LogP contribution >= 0.6 is 0 Å². The van der Waals surface area contributed by atoms with E-state index < -0.39 is 17.7 Å². The second-order valence-corrected chi connectivity index (χ2v) is 4.96. The lowest BCUT2D eigenvalue weighted by Crippen LogP contribution is -2.26. The largest absolute Gasteiger partial charge is 0.351 e. The van der Waals surface area contributed by atoms with Gasteiger partial charge in [-0.3, -0.25) is 4.79 Å².